The van der Waals surface area contributed by atoms with E-state index in [1.165, 1.54) is 0 Å². The van der Waals surface area contributed by atoms with Crippen molar-refractivity contribution >= 4 is 11.0 Å². The van der Waals surface area contributed by atoms with E-state index in [0.717, 1.165) is 16.7 Å². The summed E-state index contributed by atoms with van der Waals surface area (Å²) in [5.41, 5.74) is 3.08. The molecule has 16 heavy (non-hydrogen) atoms. The lowest BCUT2D eigenvalue weighted by Gasteiger charge is -2.26. The highest BCUT2D eigenvalue weighted by Crippen LogP contribution is 2.24. The van der Waals surface area contributed by atoms with Crippen LogP contribution in [-0.2, 0) is 4.74 Å². The largest absolute Gasteiger partial charge is 0.377 e. The summed E-state index contributed by atoms with van der Waals surface area (Å²) < 4.78 is 7.11. The van der Waals surface area contributed by atoms with Gasteiger partial charge in [0.05, 0.1) is 30.5 Å². The van der Waals surface area contributed by atoms with Gasteiger partial charge >= 0.3 is 0 Å². The zero-order valence-electron chi connectivity index (χ0n) is 8.84. The number of aromatic nitrogens is 3. The molecule has 1 saturated heterocycles. The van der Waals surface area contributed by atoms with Crippen molar-refractivity contribution < 1.29 is 4.74 Å². The van der Waals surface area contributed by atoms with Gasteiger partial charge in [0.25, 0.3) is 0 Å². The minimum atomic E-state index is 0.311. The van der Waals surface area contributed by atoms with E-state index in [4.69, 9.17) is 10.00 Å². The summed E-state index contributed by atoms with van der Waals surface area (Å²) in [6, 6.07) is 5.97. The summed E-state index contributed by atoms with van der Waals surface area (Å²) >= 11 is 0. The van der Waals surface area contributed by atoms with E-state index < -0.39 is 0 Å². The first-order valence-corrected chi connectivity index (χ1v) is 5.13. The number of fused-ring (bicyclic) bond motifs is 1. The van der Waals surface area contributed by atoms with E-state index in [0.29, 0.717) is 24.9 Å². The van der Waals surface area contributed by atoms with Crippen molar-refractivity contribution in [3.63, 3.8) is 0 Å². The lowest BCUT2D eigenvalue weighted by atomic mass is 10.2. The predicted octanol–water partition coefficient (Wildman–Crippen LogP) is 1.18. The molecule has 0 bridgehead atoms. The van der Waals surface area contributed by atoms with Crippen LogP contribution < -0.4 is 0 Å². The Morgan fingerprint density at radius 1 is 1.50 bits per heavy atom. The van der Waals surface area contributed by atoms with Crippen LogP contribution in [0.5, 0.6) is 0 Å². The van der Waals surface area contributed by atoms with Crippen LogP contribution in [0.15, 0.2) is 12.1 Å². The number of ether oxygens (including phenoxy) is 1. The van der Waals surface area contributed by atoms with Crippen LogP contribution in [0.25, 0.3) is 11.0 Å². The van der Waals surface area contributed by atoms with E-state index in [2.05, 4.69) is 10.1 Å². The van der Waals surface area contributed by atoms with Crippen molar-refractivity contribution in [1.29, 1.82) is 5.26 Å². The molecule has 0 atom stereocenters. The molecule has 3 rings (SSSR count). The first kappa shape index (κ1) is 9.31. The summed E-state index contributed by atoms with van der Waals surface area (Å²) in [5, 5.41) is 13.3. The Morgan fingerprint density at radius 3 is 2.94 bits per heavy atom. The van der Waals surface area contributed by atoms with Crippen molar-refractivity contribution in [2.24, 2.45) is 0 Å². The zero-order valence-corrected chi connectivity index (χ0v) is 8.84. The molecule has 0 aromatic carbocycles. The fourth-order valence-electron chi connectivity index (χ4n) is 1.87. The van der Waals surface area contributed by atoms with Gasteiger partial charge in [-0.05, 0) is 19.1 Å². The Bertz CT molecular complexity index is 592. The second-order valence-electron chi connectivity index (χ2n) is 3.90. The summed E-state index contributed by atoms with van der Waals surface area (Å²) in [4.78, 5) is 4.27. The van der Waals surface area contributed by atoms with Gasteiger partial charge < -0.3 is 4.74 Å². The molecular formula is C11H10N4O. The Hall–Kier alpha value is -1.93. The Balaban J connectivity index is 2.21. The molecule has 2 aromatic rings. The molecule has 0 radical (unpaired) electrons. The van der Waals surface area contributed by atoms with Gasteiger partial charge in [0, 0.05) is 0 Å². The molecule has 1 aliphatic rings. The summed E-state index contributed by atoms with van der Waals surface area (Å²) in [6.07, 6.45) is 0. The third-order valence-corrected chi connectivity index (χ3v) is 2.80. The Labute approximate surface area is 92.3 Å². The molecule has 0 spiro atoms. The lowest BCUT2D eigenvalue weighted by molar-refractivity contribution is -0.0267. The molecule has 0 saturated carbocycles. The van der Waals surface area contributed by atoms with Crippen LogP contribution >= 0.6 is 0 Å². The van der Waals surface area contributed by atoms with Crippen molar-refractivity contribution in [3.05, 3.63) is 23.5 Å². The maximum Gasteiger partial charge on any atom is 0.141 e. The average molecular weight is 214 g/mol. The number of rotatable bonds is 1. The van der Waals surface area contributed by atoms with Crippen LogP contribution in [-0.4, -0.2) is 28.0 Å². The molecule has 80 valence electrons. The predicted molar refractivity (Wildman–Crippen MR) is 56.8 cm³/mol. The van der Waals surface area contributed by atoms with Crippen molar-refractivity contribution in [3.8, 4) is 6.07 Å². The second-order valence-corrected chi connectivity index (χ2v) is 3.90. The van der Waals surface area contributed by atoms with E-state index >= 15 is 0 Å². The Morgan fingerprint density at radius 2 is 2.31 bits per heavy atom. The highest BCUT2D eigenvalue weighted by atomic mass is 16.5. The molecule has 0 amide bonds. The van der Waals surface area contributed by atoms with Gasteiger partial charge in [-0.15, -0.1) is 0 Å². The van der Waals surface area contributed by atoms with Gasteiger partial charge in [0.1, 0.15) is 17.3 Å². The zero-order chi connectivity index (χ0) is 11.1. The Kier molecular flexibility index (Phi) is 1.91. The first-order valence-electron chi connectivity index (χ1n) is 5.13. The summed E-state index contributed by atoms with van der Waals surface area (Å²) in [5.74, 6) is 0. The summed E-state index contributed by atoms with van der Waals surface area (Å²) in [6.45, 7) is 3.32. The minimum Gasteiger partial charge on any atom is -0.377 e. The van der Waals surface area contributed by atoms with Gasteiger partial charge in [0.2, 0.25) is 0 Å². The fraction of sp³-hybridized carbons (Fsp3) is 0.364. The number of aryl methyl sites for hydroxylation is 1. The molecule has 3 heterocycles. The smallest absolute Gasteiger partial charge is 0.141 e. The molecule has 0 unspecified atom stereocenters. The molecule has 0 N–H and O–H groups in total. The quantitative estimate of drug-likeness (QED) is 0.715. The van der Waals surface area contributed by atoms with Gasteiger partial charge in [-0.2, -0.15) is 10.4 Å². The third kappa shape index (κ3) is 1.20. The molecular weight excluding hydrogens is 204 g/mol. The van der Waals surface area contributed by atoms with E-state index in [1.807, 2.05) is 23.7 Å². The number of hydrogen-bond acceptors (Lipinski definition) is 4. The normalized spacial score (nSPS) is 16.0. The monoisotopic (exact) mass is 214 g/mol. The van der Waals surface area contributed by atoms with Crippen LogP contribution in [0, 0.1) is 18.3 Å². The van der Waals surface area contributed by atoms with Crippen molar-refractivity contribution in [2.75, 3.05) is 13.2 Å². The number of nitriles is 1. The minimum absolute atomic E-state index is 0.311. The van der Waals surface area contributed by atoms with Gasteiger partial charge in [-0.25, -0.2) is 4.98 Å². The van der Waals surface area contributed by atoms with Gasteiger partial charge in [-0.3, -0.25) is 4.68 Å². The maximum atomic E-state index is 8.80. The fourth-order valence-corrected chi connectivity index (χ4v) is 1.87. The van der Waals surface area contributed by atoms with Crippen LogP contribution in [0.1, 0.15) is 17.4 Å². The van der Waals surface area contributed by atoms with Crippen LogP contribution in [0.3, 0.4) is 0 Å². The lowest BCUT2D eigenvalue weighted by Crippen LogP contribution is -2.31. The van der Waals surface area contributed by atoms with Crippen LogP contribution in [0.2, 0.25) is 0 Å². The van der Waals surface area contributed by atoms with Gasteiger partial charge in [0.15, 0.2) is 0 Å². The van der Waals surface area contributed by atoms with Crippen molar-refractivity contribution in [2.45, 2.75) is 13.0 Å². The second kappa shape index (κ2) is 3.29. The van der Waals surface area contributed by atoms with E-state index in [-0.39, 0.29) is 0 Å². The number of pyridine rings is 1. The molecule has 5 heteroatoms. The highest BCUT2D eigenvalue weighted by Gasteiger charge is 2.24. The topological polar surface area (TPSA) is 63.7 Å². The molecule has 1 aliphatic heterocycles. The van der Waals surface area contributed by atoms with E-state index in [9.17, 15) is 0 Å². The standard InChI is InChI=1S/C11H10N4O/c1-7-11-10(3-2-8(4-12)13-11)15(14-7)9-5-16-6-9/h2-3,9H,5-6H2,1H3. The van der Waals surface area contributed by atoms with Gasteiger partial charge in [-0.1, -0.05) is 0 Å². The SMILES string of the molecule is Cc1nn(C2COC2)c2ccc(C#N)nc12. The number of hydrogen-bond donors (Lipinski definition) is 0. The number of nitrogens with zero attached hydrogens (tertiary/aromatic N) is 4. The molecule has 2 aromatic heterocycles. The molecule has 0 aliphatic carbocycles. The molecule has 5 nitrogen and oxygen atoms in total. The van der Waals surface area contributed by atoms with Crippen LogP contribution in [0.4, 0.5) is 0 Å². The first-order chi connectivity index (χ1) is 7.79. The maximum absolute atomic E-state index is 8.80. The third-order valence-electron chi connectivity index (χ3n) is 2.80. The molecule has 1 fully saturated rings. The summed E-state index contributed by atoms with van der Waals surface area (Å²) in [7, 11) is 0. The average Bonchev–Trinajstić information content (AvgIpc) is 2.54. The van der Waals surface area contributed by atoms with E-state index in [1.54, 1.807) is 6.07 Å². The highest BCUT2D eigenvalue weighted by molar-refractivity contribution is 5.78. The van der Waals surface area contributed by atoms with Crippen molar-refractivity contribution in [1.82, 2.24) is 14.8 Å².